The maximum absolute atomic E-state index is 13.6. The molecule has 0 heterocycles. The summed E-state index contributed by atoms with van der Waals surface area (Å²) >= 11 is 1.11. The number of Topliss-reactive ketones (excluding diaryl/α,β-unsaturated/α-hetero) is 1. The van der Waals surface area contributed by atoms with Gasteiger partial charge in [0.2, 0.25) is 0 Å². The first-order valence-corrected chi connectivity index (χ1v) is 7.49. The van der Waals surface area contributed by atoms with Gasteiger partial charge in [-0.2, -0.15) is 0 Å². The van der Waals surface area contributed by atoms with E-state index in [0.29, 0.717) is 5.56 Å². The molecule has 0 bridgehead atoms. The quantitative estimate of drug-likeness (QED) is 0.587. The maximum atomic E-state index is 13.6. The van der Waals surface area contributed by atoms with Crippen molar-refractivity contribution in [2.45, 2.75) is 30.9 Å². The van der Waals surface area contributed by atoms with Gasteiger partial charge in [0.25, 0.3) is 0 Å². The Hall–Kier alpha value is -1.68. The van der Waals surface area contributed by atoms with Gasteiger partial charge in [-0.25, -0.2) is 8.78 Å². The van der Waals surface area contributed by atoms with Gasteiger partial charge in [0.15, 0.2) is 5.78 Å². The molecule has 4 heteroatoms. The van der Waals surface area contributed by atoms with Gasteiger partial charge in [-0.05, 0) is 44.5 Å². The van der Waals surface area contributed by atoms with Gasteiger partial charge in [-0.15, -0.1) is 11.8 Å². The van der Waals surface area contributed by atoms with Crippen LogP contribution in [0, 0.1) is 25.5 Å². The molecule has 110 valence electrons. The highest BCUT2D eigenvalue weighted by Crippen LogP contribution is 2.29. The number of carbonyl (C=O) groups is 1. The molecule has 0 aliphatic carbocycles. The Morgan fingerprint density at radius 2 is 1.81 bits per heavy atom. The van der Waals surface area contributed by atoms with Crippen LogP contribution in [0.1, 0.15) is 28.4 Å². The topological polar surface area (TPSA) is 17.1 Å². The summed E-state index contributed by atoms with van der Waals surface area (Å²) < 4.78 is 26.5. The lowest BCUT2D eigenvalue weighted by Crippen LogP contribution is -2.15. The Bertz CT molecular complexity index is 682. The van der Waals surface area contributed by atoms with Crippen molar-refractivity contribution in [3.63, 3.8) is 0 Å². The number of aryl methyl sites for hydroxylation is 2. The first kappa shape index (κ1) is 15.7. The largest absolute Gasteiger partial charge is 0.293 e. The van der Waals surface area contributed by atoms with Crippen LogP contribution in [-0.4, -0.2) is 11.0 Å². The van der Waals surface area contributed by atoms with Crippen molar-refractivity contribution in [1.82, 2.24) is 0 Å². The molecule has 21 heavy (non-hydrogen) atoms. The van der Waals surface area contributed by atoms with Crippen LogP contribution in [0.3, 0.4) is 0 Å². The summed E-state index contributed by atoms with van der Waals surface area (Å²) in [5.74, 6) is -1.31. The standard InChI is InChI=1S/C17H16F2OS/c1-10-4-5-11(2)14(8-10)17(20)12(3)21-16-7-6-13(18)9-15(16)19/h4-9,12H,1-3H3. The molecule has 2 aromatic rings. The second-order valence-electron chi connectivity index (χ2n) is 5.02. The zero-order valence-electron chi connectivity index (χ0n) is 12.1. The molecule has 0 saturated heterocycles. The minimum atomic E-state index is -0.638. The summed E-state index contributed by atoms with van der Waals surface area (Å²) in [7, 11) is 0. The smallest absolute Gasteiger partial charge is 0.176 e. The third kappa shape index (κ3) is 3.70. The molecule has 0 aliphatic heterocycles. The molecule has 1 unspecified atom stereocenters. The number of benzene rings is 2. The summed E-state index contributed by atoms with van der Waals surface area (Å²) in [4.78, 5) is 12.8. The van der Waals surface area contributed by atoms with Gasteiger partial charge >= 0.3 is 0 Å². The molecule has 1 atom stereocenters. The average Bonchev–Trinajstić information content (AvgIpc) is 2.43. The SMILES string of the molecule is Cc1ccc(C)c(C(=O)C(C)Sc2ccc(F)cc2F)c1. The predicted octanol–water partition coefficient (Wildman–Crippen LogP) is 4.95. The Kier molecular flexibility index (Phi) is 4.78. The van der Waals surface area contributed by atoms with Crippen LogP contribution in [0.5, 0.6) is 0 Å². The highest BCUT2D eigenvalue weighted by molar-refractivity contribution is 8.00. The van der Waals surface area contributed by atoms with Crippen LogP contribution in [0.25, 0.3) is 0 Å². The van der Waals surface area contributed by atoms with Gasteiger partial charge in [0.1, 0.15) is 11.6 Å². The van der Waals surface area contributed by atoms with E-state index >= 15 is 0 Å². The van der Waals surface area contributed by atoms with E-state index < -0.39 is 16.9 Å². The van der Waals surface area contributed by atoms with E-state index in [9.17, 15) is 13.6 Å². The van der Waals surface area contributed by atoms with Crippen molar-refractivity contribution in [3.8, 4) is 0 Å². The van der Waals surface area contributed by atoms with Crippen LogP contribution in [0.2, 0.25) is 0 Å². The first-order chi connectivity index (χ1) is 9.88. The molecule has 0 fully saturated rings. The lowest BCUT2D eigenvalue weighted by atomic mass is 10.0. The van der Waals surface area contributed by atoms with Gasteiger partial charge in [0.05, 0.1) is 5.25 Å². The van der Waals surface area contributed by atoms with E-state index in [0.717, 1.165) is 29.0 Å². The van der Waals surface area contributed by atoms with Crippen molar-refractivity contribution in [2.75, 3.05) is 0 Å². The fourth-order valence-electron chi connectivity index (χ4n) is 2.04. The van der Waals surface area contributed by atoms with Gasteiger partial charge in [-0.1, -0.05) is 17.7 Å². The minimum Gasteiger partial charge on any atom is -0.293 e. The van der Waals surface area contributed by atoms with Crippen LogP contribution >= 0.6 is 11.8 Å². The van der Waals surface area contributed by atoms with Crippen LogP contribution in [0.4, 0.5) is 8.78 Å². The molecule has 2 rings (SSSR count). The summed E-state index contributed by atoms with van der Waals surface area (Å²) in [5.41, 5.74) is 2.56. The Morgan fingerprint density at radius 3 is 2.48 bits per heavy atom. The number of hydrogen-bond donors (Lipinski definition) is 0. The second kappa shape index (κ2) is 6.39. The summed E-state index contributed by atoms with van der Waals surface area (Å²) in [6.07, 6.45) is 0. The van der Waals surface area contributed by atoms with Crippen molar-refractivity contribution in [1.29, 1.82) is 0 Å². The third-order valence-electron chi connectivity index (χ3n) is 3.23. The predicted molar refractivity (Wildman–Crippen MR) is 81.9 cm³/mol. The van der Waals surface area contributed by atoms with Crippen molar-refractivity contribution < 1.29 is 13.6 Å². The van der Waals surface area contributed by atoms with Gasteiger partial charge in [-0.3, -0.25) is 4.79 Å². The molecule has 0 radical (unpaired) electrons. The second-order valence-corrected chi connectivity index (χ2v) is 6.40. The number of hydrogen-bond acceptors (Lipinski definition) is 2. The molecule has 2 aromatic carbocycles. The van der Waals surface area contributed by atoms with E-state index in [-0.39, 0.29) is 10.7 Å². The Balaban J connectivity index is 2.21. The molecular formula is C17H16F2OS. The molecular weight excluding hydrogens is 290 g/mol. The van der Waals surface area contributed by atoms with Crippen molar-refractivity contribution >= 4 is 17.5 Å². The van der Waals surface area contributed by atoms with E-state index in [1.165, 1.54) is 12.1 Å². The van der Waals surface area contributed by atoms with E-state index in [2.05, 4.69) is 0 Å². The van der Waals surface area contributed by atoms with Crippen LogP contribution in [-0.2, 0) is 0 Å². The zero-order valence-corrected chi connectivity index (χ0v) is 12.9. The summed E-state index contributed by atoms with van der Waals surface area (Å²) in [5, 5.41) is -0.439. The van der Waals surface area contributed by atoms with Crippen molar-refractivity contribution in [2.24, 2.45) is 0 Å². The van der Waals surface area contributed by atoms with Crippen LogP contribution in [0.15, 0.2) is 41.3 Å². The summed E-state index contributed by atoms with van der Waals surface area (Å²) in [6, 6.07) is 9.08. The Labute approximate surface area is 127 Å². The zero-order chi connectivity index (χ0) is 15.6. The maximum Gasteiger partial charge on any atom is 0.176 e. The van der Waals surface area contributed by atoms with E-state index in [4.69, 9.17) is 0 Å². The Morgan fingerprint density at radius 1 is 1.10 bits per heavy atom. The molecule has 0 N–H and O–H groups in total. The molecule has 0 aliphatic rings. The fraction of sp³-hybridized carbons (Fsp3) is 0.235. The lowest BCUT2D eigenvalue weighted by molar-refractivity contribution is 0.0993. The number of rotatable bonds is 4. The number of thioether (sulfide) groups is 1. The summed E-state index contributed by atoms with van der Waals surface area (Å²) in [6.45, 7) is 5.54. The molecule has 0 saturated carbocycles. The highest BCUT2D eigenvalue weighted by Gasteiger charge is 2.20. The number of ketones is 1. The van der Waals surface area contributed by atoms with Crippen molar-refractivity contribution in [3.05, 3.63) is 64.7 Å². The lowest BCUT2D eigenvalue weighted by Gasteiger charge is -2.13. The van der Waals surface area contributed by atoms with E-state index in [1.807, 2.05) is 32.0 Å². The monoisotopic (exact) mass is 306 g/mol. The molecule has 1 nitrogen and oxygen atoms in total. The fourth-order valence-corrected chi connectivity index (χ4v) is 2.97. The molecule has 0 aromatic heterocycles. The first-order valence-electron chi connectivity index (χ1n) is 6.61. The molecule has 0 amide bonds. The number of halogens is 2. The van der Waals surface area contributed by atoms with E-state index in [1.54, 1.807) is 6.92 Å². The number of carbonyl (C=O) groups excluding carboxylic acids is 1. The average molecular weight is 306 g/mol. The normalized spacial score (nSPS) is 12.2. The molecule has 0 spiro atoms. The minimum absolute atomic E-state index is 0.0510. The highest BCUT2D eigenvalue weighted by atomic mass is 32.2. The van der Waals surface area contributed by atoms with Gasteiger partial charge < -0.3 is 0 Å². The van der Waals surface area contributed by atoms with Gasteiger partial charge in [0, 0.05) is 16.5 Å². The third-order valence-corrected chi connectivity index (χ3v) is 4.38. The van der Waals surface area contributed by atoms with Crippen LogP contribution < -0.4 is 0 Å².